The number of carbonyl (C=O) groups excluding carboxylic acids is 3. The highest BCUT2D eigenvalue weighted by atomic mass is 31.2. The zero-order valence-electron chi connectivity index (χ0n) is 68.9. The Morgan fingerprint density at radius 1 is 0.266 bits per heavy atom. The Balaban J connectivity index is 4.38. The number of ether oxygens (including phenoxy) is 3. The maximum absolute atomic E-state index is 12.9. The van der Waals surface area contributed by atoms with Gasteiger partial charge in [0, 0.05) is 19.3 Å². The van der Waals surface area contributed by atoms with Crippen LogP contribution in [0.15, 0.2) is 134 Å². The van der Waals surface area contributed by atoms with Crippen LogP contribution in [0, 0.1) is 0 Å². The maximum atomic E-state index is 12.9. The average molecular weight is 1570 g/mol. The van der Waals surface area contributed by atoms with Crippen molar-refractivity contribution in [3.63, 3.8) is 0 Å². The van der Waals surface area contributed by atoms with Crippen molar-refractivity contribution in [3.8, 4) is 0 Å². The Bertz CT molecular complexity index is 2510. The van der Waals surface area contributed by atoms with Gasteiger partial charge in [-0.05, 0) is 135 Å². The second-order valence-electron chi connectivity index (χ2n) is 29.0. The molecular formula is C91H158O16P2. The van der Waals surface area contributed by atoms with E-state index in [-0.39, 0.29) is 19.3 Å². The molecule has 0 rings (SSSR count). The first kappa shape index (κ1) is 105. The van der Waals surface area contributed by atoms with Gasteiger partial charge in [-0.25, -0.2) is 9.13 Å². The molecule has 0 bridgehead atoms. The molecule has 0 aliphatic carbocycles. The van der Waals surface area contributed by atoms with E-state index in [2.05, 4.69) is 154 Å². The molecule has 16 nitrogen and oxygen atoms in total. The van der Waals surface area contributed by atoms with Gasteiger partial charge in [0.05, 0.1) is 26.4 Å². The monoisotopic (exact) mass is 1570 g/mol. The molecule has 0 radical (unpaired) electrons. The van der Waals surface area contributed by atoms with Gasteiger partial charge in [0.25, 0.3) is 0 Å². The lowest BCUT2D eigenvalue weighted by Crippen LogP contribution is -2.30. The third kappa shape index (κ3) is 84.4. The first-order valence-electron chi connectivity index (χ1n) is 43.5. The number of hydrogen-bond donors (Lipinski definition) is 4. The van der Waals surface area contributed by atoms with E-state index in [1.54, 1.807) is 0 Å². The Kier molecular flexibility index (Phi) is 79.8. The van der Waals surface area contributed by atoms with Crippen molar-refractivity contribution in [2.24, 2.45) is 0 Å². The standard InChI is InChI=1S/C91H158O16P2/c1-4-7-10-13-16-19-22-24-26-28-30-32-34-36-38-40-42-44-46-48-50-52-54-56-58-60-63-65-68-71-74-77-89(94)101-80-86(92)81-103-108(97,98)104-82-87(93)83-105-109(99,100)106-85-88(107-91(96)79-76-73-70-67-62-21-18-15-12-9-6-3)84-102-90(95)78-75-72-69-66-64-61-59-57-55-53-51-49-47-45-43-41-39-37-35-33-31-29-27-25-23-20-17-14-11-8-5-2/h7,10,15-20,24-27,30-33,36-39,42,44,86-88,92-93H,4-6,8-9,11-14,21-23,28-29,34-35,40-41,43,45-85H2,1-3H3,(H,97,98)(H,99,100)/b10-7-,18-15-,19-16-,20-17-,26-24-,27-25-,32-30-,33-31-,38-36-,39-37-,44-42-. The summed E-state index contributed by atoms with van der Waals surface area (Å²) in [4.78, 5) is 58.7. The Hall–Kier alpha value is -4.31. The third-order valence-electron chi connectivity index (χ3n) is 18.3. The highest BCUT2D eigenvalue weighted by Gasteiger charge is 2.29. The number of aliphatic hydroxyl groups is 2. The molecule has 0 aromatic carbocycles. The topological polar surface area (TPSA) is 231 Å². The molecule has 0 aliphatic rings. The van der Waals surface area contributed by atoms with Crippen LogP contribution in [0.3, 0.4) is 0 Å². The van der Waals surface area contributed by atoms with E-state index in [4.69, 9.17) is 32.3 Å². The quantitative estimate of drug-likeness (QED) is 0.0146. The largest absolute Gasteiger partial charge is 0.472 e. The molecule has 628 valence electrons. The molecule has 0 aromatic rings. The van der Waals surface area contributed by atoms with Gasteiger partial charge < -0.3 is 34.2 Å². The van der Waals surface area contributed by atoms with Gasteiger partial charge in [-0.1, -0.05) is 347 Å². The Morgan fingerprint density at radius 3 is 0.807 bits per heavy atom. The van der Waals surface area contributed by atoms with Crippen molar-refractivity contribution in [2.75, 3.05) is 39.6 Å². The van der Waals surface area contributed by atoms with E-state index in [0.717, 1.165) is 141 Å². The highest BCUT2D eigenvalue weighted by molar-refractivity contribution is 7.47. The van der Waals surface area contributed by atoms with E-state index < -0.39 is 91.5 Å². The number of unbranched alkanes of at least 4 members (excludes halogenated alkanes) is 37. The summed E-state index contributed by atoms with van der Waals surface area (Å²) >= 11 is 0. The van der Waals surface area contributed by atoms with Gasteiger partial charge in [-0.15, -0.1) is 0 Å². The number of hydrogen-bond acceptors (Lipinski definition) is 14. The predicted octanol–water partition coefficient (Wildman–Crippen LogP) is 26.2. The summed E-state index contributed by atoms with van der Waals surface area (Å²) in [6.45, 7) is 2.52. The summed E-state index contributed by atoms with van der Waals surface area (Å²) in [6.07, 6.45) is 102. The molecule has 109 heavy (non-hydrogen) atoms. The van der Waals surface area contributed by atoms with Crippen LogP contribution in [0.4, 0.5) is 0 Å². The van der Waals surface area contributed by atoms with Crippen LogP contribution in [0.2, 0.25) is 0 Å². The first-order valence-corrected chi connectivity index (χ1v) is 46.5. The fourth-order valence-corrected chi connectivity index (χ4v) is 13.3. The number of phosphoric acid groups is 2. The van der Waals surface area contributed by atoms with Crippen LogP contribution in [-0.4, -0.2) is 95.9 Å². The van der Waals surface area contributed by atoms with E-state index in [1.807, 2.05) is 0 Å². The summed E-state index contributed by atoms with van der Waals surface area (Å²) in [7, 11) is -9.79. The number of aliphatic hydroxyl groups excluding tert-OH is 2. The summed E-state index contributed by atoms with van der Waals surface area (Å²) in [5.74, 6) is -1.58. The minimum absolute atomic E-state index is 0.0942. The zero-order chi connectivity index (χ0) is 79.4. The Morgan fingerprint density at radius 2 is 0.495 bits per heavy atom. The SMILES string of the molecule is CC/C=C\C/C=C\C/C=C\C/C=C\C/C=C\C/C=C\CCCCCCCCCCCCCCC(=O)OCC(O)COP(=O)(O)OCC(O)COP(=O)(O)OCC(COC(=O)CCCCCCCCCCCCCCCCC/C=C\C/C=C\C/C=C\C/C=C\CCCCC)OC(=O)CCCCCCC/C=C\CCCC. The number of allylic oxidation sites excluding steroid dienone is 22. The first-order chi connectivity index (χ1) is 53.2. The van der Waals surface area contributed by atoms with Gasteiger partial charge in [-0.2, -0.15) is 0 Å². The molecule has 0 aromatic heterocycles. The van der Waals surface area contributed by atoms with Crippen molar-refractivity contribution >= 4 is 33.6 Å². The average Bonchev–Trinajstić information content (AvgIpc) is 0.837. The second kappa shape index (κ2) is 83.1. The summed E-state index contributed by atoms with van der Waals surface area (Å²) in [6, 6.07) is 0. The van der Waals surface area contributed by atoms with Crippen molar-refractivity contribution < 1.29 is 75.8 Å². The van der Waals surface area contributed by atoms with Gasteiger partial charge in [0.15, 0.2) is 6.10 Å². The number of carbonyl (C=O) groups is 3. The lowest BCUT2D eigenvalue weighted by molar-refractivity contribution is -0.161. The molecular weight excluding hydrogens is 1410 g/mol. The molecule has 5 atom stereocenters. The van der Waals surface area contributed by atoms with E-state index >= 15 is 0 Å². The van der Waals surface area contributed by atoms with Crippen LogP contribution in [-0.2, 0) is 55.8 Å². The van der Waals surface area contributed by atoms with Crippen LogP contribution in [0.5, 0.6) is 0 Å². The maximum Gasteiger partial charge on any atom is 0.472 e. The predicted molar refractivity (Wildman–Crippen MR) is 454 cm³/mol. The number of rotatable bonds is 82. The van der Waals surface area contributed by atoms with Crippen molar-refractivity contribution in [2.45, 2.75) is 386 Å². The third-order valence-corrected chi connectivity index (χ3v) is 20.2. The molecule has 5 unspecified atom stereocenters. The highest BCUT2D eigenvalue weighted by Crippen LogP contribution is 2.45. The van der Waals surface area contributed by atoms with Gasteiger partial charge in [0.1, 0.15) is 25.4 Å². The lowest BCUT2D eigenvalue weighted by atomic mass is 10.0. The summed E-state index contributed by atoms with van der Waals surface area (Å²) in [5.41, 5.74) is 0. The molecule has 0 saturated heterocycles. The number of phosphoric ester groups is 2. The summed E-state index contributed by atoms with van der Waals surface area (Å²) in [5, 5.41) is 20.7. The molecule has 0 aliphatic heterocycles. The van der Waals surface area contributed by atoms with Gasteiger partial charge in [-0.3, -0.25) is 32.5 Å². The van der Waals surface area contributed by atoms with Crippen molar-refractivity contribution in [1.82, 2.24) is 0 Å². The van der Waals surface area contributed by atoms with Gasteiger partial charge >= 0.3 is 33.6 Å². The van der Waals surface area contributed by atoms with Crippen LogP contribution in [0.1, 0.15) is 367 Å². The normalized spacial score (nSPS) is 14.5. The smallest absolute Gasteiger partial charge is 0.463 e. The molecule has 0 saturated carbocycles. The second-order valence-corrected chi connectivity index (χ2v) is 31.9. The van der Waals surface area contributed by atoms with E-state index in [9.17, 15) is 43.5 Å². The van der Waals surface area contributed by atoms with Crippen LogP contribution in [0.25, 0.3) is 0 Å². The molecule has 0 fully saturated rings. The molecule has 0 amide bonds. The molecule has 0 heterocycles. The van der Waals surface area contributed by atoms with E-state index in [1.165, 1.54) is 167 Å². The molecule has 18 heteroatoms. The summed E-state index contributed by atoms with van der Waals surface area (Å²) < 4.78 is 61.2. The van der Waals surface area contributed by atoms with Gasteiger partial charge in [0.2, 0.25) is 0 Å². The minimum Gasteiger partial charge on any atom is -0.463 e. The van der Waals surface area contributed by atoms with Crippen molar-refractivity contribution in [3.05, 3.63) is 134 Å². The molecule has 4 N–H and O–H groups in total. The van der Waals surface area contributed by atoms with Crippen molar-refractivity contribution in [1.29, 1.82) is 0 Å². The minimum atomic E-state index is -4.93. The van der Waals surface area contributed by atoms with Crippen LogP contribution < -0.4 is 0 Å². The number of esters is 3. The fourth-order valence-electron chi connectivity index (χ4n) is 11.7. The zero-order valence-corrected chi connectivity index (χ0v) is 70.7. The van der Waals surface area contributed by atoms with E-state index in [0.29, 0.717) is 19.3 Å². The fraction of sp³-hybridized carbons (Fsp3) is 0.725. The Labute approximate surface area is 665 Å². The lowest BCUT2D eigenvalue weighted by Gasteiger charge is -2.21. The molecule has 0 spiro atoms. The van der Waals surface area contributed by atoms with Crippen LogP contribution >= 0.6 is 15.6 Å².